The van der Waals surface area contributed by atoms with E-state index >= 15 is 0 Å². The van der Waals surface area contributed by atoms with Crippen molar-refractivity contribution in [3.63, 3.8) is 0 Å². The summed E-state index contributed by atoms with van der Waals surface area (Å²) >= 11 is 0. The van der Waals surface area contributed by atoms with Crippen molar-refractivity contribution >= 4 is 11.0 Å². The summed E-state index contributed by atoms with van der Waals surface area (Å²) < 4.78 is 5.93. The van der Waals surface area contributed by atoms with Crippen molar-refractivity contribution in [1.82, 2.24) is 15.1 Å². The Balaban J connectivity index is 1.61. The quantitative estimate of drug-likeness (QED) is 0.935. The zero-order valence-electron chi connectivity index (χ0n) is 13.2. The second-order valence-corrected chi connectivity index (χ2v) is 6.21. The summed E-state index contributed by atoms with van der Waals surface area (Å²) in [6, 6.07) is 11.1. The van der Waals surface area contributed by atoms with Gasteiger partial charge >= 0.3 is 0 Å². The number of piperazine rings is 1. The van der Waals surface area contributed by atoms with Gasteiger partial charge in [-0.15, -0.1) is 0 Å². The standard InChI is InChI=1S/C17H25N3O/c1-13(17-10-14-6-4-5-7-16(14)21-17)18-11-15-12-19(2)8-9-20(15)3/h4-7,10,13,15,18H,8-9,11-12H2,1-3H3. The zero-order chi connectivity index (χ0) is 14.8. The molecule has 114 valence electrons. The van der Waals surface area contributed by atoms with E-state index in [2.05, 4.69) is 48.3 Å². The summed E-state index contributed by atoms with van der Waals surface area (Å²) in [4.78, 5) is 4.84. The Morgan fingerprint density at radius 1 is 1.29 bits per heavy atom. The predicted molar refractivity (Wildman–Crippen MR) is 86.5 cm³/mol. The molecule has 1 fully saturated rings. The van der Waals surface area contributed by atoms with Crippen LogP contribution in [-0.4, -0.2) is 56.1 Å². The summed E-state index contributed by atoms with van der Waals surface area (Å²) in [5.74, 6) is 1.02. The van der Waals surface area contributed by atoms with Crippen molar-refractivity contribution in [2.75, 3.05) is 40.3 Å². The van der Waals surface area contributed by atoms with E-state index in [-0.39, 0.29) is 6.04 Å². The van der Waals surface area contributed by atoms with Crippen LogP contribution < -0.4 is 5.32 Å². The molecule has 2 heterocycles. The lowest BCUT2D eigenvalue weighted by Crippen LogP contribution is -2.53. The highest BCUT2D eigenvalue weighted by Crippen LogP contribution is 2.23. The number of fused-ring (bicyclic) bond motifs is 1. The van der Waals surface area contributed by atoms with Crippen LogP contribution in [0.1, 0.15) is 18.7 Å². The highest BCUT2D eigenvalue weighted by Gasteiger charge is 2.22. The highest BCUT2D eigenvalue weighted by atomic mass is 16.3. The van der Waals surface area contributed by atoms with E-state index in [4.69, 9.17) is 4.42 Å². The molecular formula is C17H25N3O. The smallest absolute Gasteiger partial charge is 0.134 e. The Bertz CT molecular complexity index is 561. The lowest BCUT2D eigenvalue weighted by Gasteiger charge is -2.38. The molecule has 4 heteroatoms. The van der Waals surface area contributed by atoms with E-state index in [1.165, 1.54) is 5.39 Å². The summed E-state index contributed by atoms with van der Waals surface area (Å²) in [6.07, 6.45) is 0. The molecule has 0 bridgehead atoms. The number of hydrogen-bond acceptors (Lipinski definition) is 4. The van der Waals surface area contributed by atoms with Crippen LogP contribution in [0.4, 0.5) is 0 Å². The van der Waals surface area contributed by atoms with E-state index in [0.717, 1.165) is 37.5 Å². The molecule has 3 rings (SSSR count). The van der Waals surface area contributed by atoms with Gasteiger partial charge in [-0.1, -0.05) is 18.2 Å². The summed E-state index contributed by atoms with van der Waals surface area (Å²) in [6.45, 7) is 6.58. The Labute approximate surface area is 126 Å². The molecule has 0 radical (unpaired) electrons. The molecule has 1 aromatic heterocycles. The molecule has 0 saturated carbocycles. The van der Waals surface area contributed by atoms with Gasteiger partial charge in [0.25, 0.3) is 0 Å². The second-order valence-electron chi connectivity index (χ2n) is 6.21. The maximum Gasteiger partial charge on any atom is 0.134 e. The van der Waals surface area contributed by atoms with Crippen molar-refractivity contribution in [2.24, 2.45) is 0 Å². The molecule has 0 spiro atoms. The highest BCUT2D eigenvalue weighted by molar-refractivity contribution is 5.77. The Morgan fingerprint density at radius 3 is 2.90 bits per heavy atom. The molecule has 0 aliphatic carbocycles. The average molecular weight is 287 g/mol. The third kappa shape index (κ3) is 3.28. The first-order valence-electron chi connectivity index (χ1n) is 7.74. The minimum atomic E-state index is 0.234. The van der Waals surface area contributed by atoms with Gasteiger partial charge in [0.15, 0.2) is 0 Å². The van der Waals surface area contributed by atoms with Crippen molar-refractivity contribution in [3.8, 4) is 0 Å². The molecule has 1 N–H and O–H groups in total. The molecule has 2 aromatic rings. The van der Waals surface area contributed by atoms with Crippen molar-refractivity contribution in [2.45, 2.75) is 19.0 Å². The van der Waals surface area contributed by atoms with Crippen molar-refractivity contribution < 1.29 is 4.42 Å². The largest absolute Gasteiger partial charge is 0.459 e. The number of para-hydroxylation sites is 1. The molecule has 1 aliphatic heterocycles. The Hall–Kier alpha value is -1.36. The van der Waals surface area contributed by atoms with Crippen molar-refractivity contribution in [1.29, 1.82) is 0 Å². The zero-order valence-corrected chi connectivity index (χ0v) is 13.2. The molecule has 4 nitrogen and oxygen atoms in total. The second kappa shape index (κ2) is 6.18. The summed E-state index contributed by atoms with van der Waals surface area (Å²) in [5, 5.41) is 4.80. The fourth-order valence-electron chi connectivity index (χ4n) is 2.95. The van der Waals surface area contributed by atoms with Crippen LogP contribution in [-0.2, 0) is 0 Å². The third-order valence-corrected chi connectivity index (χ3v) is 4.51. The number of nitrogens with one attached hydrogen (secondary N) is 1. The fraction of sp³-hybridized carbons (Fsp3) is 0.529. The van der Waals surface area contributed by atoms with Gasteiger partial charge in [0, 0.05) is 37.6 Å². The first-order chi connectivity index (χ1) is 10.1. The summed E-state index contributed by atoms with van der Waals surface area (Å²) in [5.41, 5.74) is 0.968. The third-order valence-electron chi connectivity index (χ3n) is 4.51. The molecule has 0 amide bonds. The average Bonchev–Trinajstić information content (AvgIpc) is 2.92. The molecule has 2 atom stereocenters. The van der Waals surface area contributed by atoms with Gasteiger partial charge in [-0.3, -0.25) is 4.90 Å². The molecule has 1 aliphatic rings. The first-order valence-corrected chi connectivity index (χ1v) is 7.74. The number of furan rings is 1. The number of hydrogen-bond donors (Lipinski definition) is 1. The van der Waals surface area contributed by atoms with Crippen LogP contribution in [0.3, 0.4) is 0 Å². The molecule has 21 heavy (non-hydrogen) atoms. The number of likely N-dealkylation sites (N-methyl/N-ethyl adjacent to an activating group) is 2. The van der Waals surface area contributed by atoms with E-state index in [9.17, 15) is 0 Å². The monoisotopic (exact) mass is 287 g/mol. The van der Waals surface area contributed by atoms with Crippen LogP contribution in [0.25, 0.3) is 11.0 Å². The number of benzene rings is 1. The molecule has 1 saturated heterocycles. The minimum Gasteiger partial charge on any atom is -0.459 e. The minimum absolute atomic E-state index is 0.234. The maximum absolute atomic E-state index is 5.93. The fourth-order valence-corrected chi connectivity index (χ4v) is 2.95. The first kappa shape index (κ1) is 14.6. The van der Waals surface area contributed by atoms with Gasteiger partial charge in [-0.05, 0) is 33.2 Å². The van der Waals surface area contributed by atoms with Gasteiger partial charge in [0.05, 0.1) is 6.04 Å². The number of nitrogens with zero attached hydrogens (tertiary/aromatic N) is 2. The normalized spacial score (nSPS) is 22.7. The topological polar surface area (TPSA) is 31.6 Å². The summed E-state index contributed by atoms with van der Waals surface area (Å²) in [7, 11) is 4.41. The van der Waals surface area contributed by atoms with E-state index in [1.54, 1.807) is 0 Å². The van der Waals surface area contributed by atoms with Crippen LogP contribution in [0.15, 0.2) is 34.7 Å². The van der Waals surface area contributed by atoms with Gasteiger partial charge in [-0.25, -0.2) is 0 Å². The SMILES string of the molecule is CC(NCC1CN(C)CCN1C)c1cc2ccccc2o1. The van der Waals surface area contributed by atoms with E-state index < -0.39 is 0 Å². The lowest BCUT2D eigenvalue weighted by molar-refractivity contribution is 0.111. The van der Waals surface area contributed by atoms with Crippen LogP contribution >= 0.6 is 0 Å². The number of rotatable bonds is 4. The van der Waals surface area contributed by atoms with E-state index in [0.29, 0.717) is 6.04 Å². The molecular weight excluding hydrogens is 262 g/mol. The Kier molecular flexibility index (Phi) is 4.29. The molecule has 2 unspecified atom stereocenters. The van der Waals surface area contributed by atoms with Gasteiger partial charge in [-0.2, -0.15) is 0 Å². The maximum atomic E-state index is 5.93. The van der Waals surface area contributed by atoms with Gasteiger partial charge in [0.2, 0.25) is 0 Å². The van der Waals surface area contributed by atoms with Gasteiger partial charge in [0.1, 0.15) is 11.3 Å². The van der Waals surface area contributed by atoms with Crippen LogP contribution in [0, 0.1) is 0 Å². The lowest BCUT2D eigenvalue weighted by atomic mass is 10.1. The van der Waals surface area contributed by atoms with Gasteiger partial charge < -0.3 is 14.6 Å². The molecule has 1 aromatic carbocycles. The van der Waals surface area contributed by atoms with E-state index in [1.807, 2.05) is 18.2 Å². The van der Waals surface area contributed by atoms with Crippen molar-refractivity contribution in [3.05, 3.63) is 36.1 Å². The van der Waals surface area contributed by atoms with Crippen LogP contribution in [0.2, 0.25) is 0 Å². The predicted octanol–water partition coefficient (Wildman–Crippen LogP) is 2.33. The van der Waals surface area contributed by atoms with Crippen LogP contribution in [0.5, 0.6) is 0 Å². The Morgan fingerprint density at radius 2 is 2.10 bits per heavy atom.